The third-order valence-corrected chi connectivity index (χ3v) is 6.50. The number of pyridine rings is 1. The van der Waals surface area contributed by atoms with E-state index in [9.17, 15) is 4.79 Å². The van der Waals surface area contributed by atoms with Gasteiger partial charge in [0.05, 0.1) is 29.9 Å². The summed E-state index contributed by atoms with van der Waals surface area (Å²) in [6.07, 6.45) is 8.60. The third-order valence-electron chi connectivity index (χ3n) is 5.61. The van der Waals surface area contributed by atoms with Crippen molar-refractivity contribution < 1.29 is 9.53 Å². The summed E-state index contributed by atoms with van der Waals surface area (Å²) >= 11 is 1.42. The second kappa shape index (κ2) is 9.13. The van der Waals surface area contributed by atoms with Crippen molar-refractivity contribution >= 4 is 28.6 Å². The van der Waals surface area contributed by atoms with Crippen LogP contribution in [0.3, 0.4) is 0 Å². The first-order valence-corrected chi connectivity index (χ1v) is 11.5. The quantitative estimate of drug-likeness (QED) is 0.561. The van der Waals surface area contributed by atoms with E-state index >= 15 is 0 Å². The molecule has 3 aromatic heterocycles. The highest BCUT2D eigenvalue weighted by molar-refractivity contribution is 7.13. The maximum Gasteiger partial charge on any atom is 0.275 e. The monoisotopic (exact) mass is 439 g/mol. The summed E-state index contributed by atoms with van der Waals surface area (Å²) < 4.78 is 5.97. The van der Waals surface area contributed by atoms with Crippen LogP contribution in [0, 0.1) is 0 Å². The van der Waals surface area contributed by atoms with Crippen LogP contribution in [0.5, 0.6) is 0 Å². The van der Waals surface area contributed by atoms with Gasteiger partial charge in [0.25, 0.3) is 5.91 Å². The van der Waals surface area contributed by atoms with Crippen molar-refractivity contribution in [3.05, 3.63) is 41.4 Å². The highest BCUT2D eigenvalue weighted by atomic mass is 32.1. The maximum absolute atomic E-state index is 13.2. The van der Waals surface area contributed by atoms with Crippen LogP contribution in [0.25, 0.3) is 10.6 Å². The van der Waals surface area contributed by atoms with Crippen LogP contribution in [-0.4, -0.2) is 58.9 Å². The van der Waals surface area contributed by atoms with Crippen molar-refractivity contribution in [2.24, 2.45) is 0 Å². The Labute approximate surface area is 184 Å². The van der Waals surface area contributed by atoms with Gasteiger partial charge in [-0.15, -0.1) is 11.3 Å². The van der Waals surface area contributed by atoms with E-state index in [2.05, 4.69) is 35.7 Å². The van der Waals surface area contributed by atoms with Crippen LogP contribution >= 0.6 is 11.3 Å². The van der Waals surface area contributed by atoms with Crippen molar-refractivity contribution in [1.82, 2.24) is 25.5 Å². The summed E-state index contributed by atoms with van der Waals surface area (Å²) in [5, 5.41) is 15.7. The number of H-pyrrole nitrogens is 1. The van der Waals surface area contributed by atoms with E-state index in [0.717, 1.165) is 60.1 Å². The van der Waals surface area contributed by atoms with Crippen LogP contribution in [-0.2, 0) is 4.74 Å². The molecule has 2 fully saturated rings. The zero-order valence-electron chi connectivity index (χ0n) is 17.1. The first-order chi connectivity index (χ1) is 15.3. The fourth-order valence-corrected chi connectivity index (χ4v) is 4.82. The molecule has 162 valence electrons. The zero-order chi connectivity index (χ0) is 21.0. The van der Waals surface area contributed by atoms with Gasteiger partial charge in [0.15, 0.2) is 0 Å². The van der Waals surface area contributed by atoms with E-state index in [-0.39, 0.29) is 12.0 Å². The number of rotatable bonds is 5. The van der Waals surface area contributed by atoms with Gasteiger partial charge in [-0.25, -0.2) is 4.98 Å². The molecule has 2 aliphatic heterocycles. The van der Waals surface area contributed by atoms with Crippen molar-refractivity contribution in [2.75, 3.05) is 43.0 Å². The Hall–Kier alpha value is -2.82. The number of hydrogen-bond donors (Lipinski definition) is 3. The van der Waals surface area contributed by atoms with Gasteiger partial charge in [0.1, 0.15) is 16.8 Å². The molecular formula is C21H25N7O2S. The number of aromatic amines is 1. The Kier molecular flexibility index (Phi) is 5.92. The van der Waals surface area contributed by atoms with Crippen LogP contribution in [0.4, 0.5) is 11.4 Å². The summed E-state index contributed by atoms with van der Waals surface area (Å²) in [6.45, 7) is 4.04. The molecule has 3 N–H and O–H groups in total. The molecule has 3 aromatic rings. The normalized spacial score (nSPS) is 19.4. The van der Waals surface area contributed by atoms with E-state index in [1.54, 1.807) is 17.8 Å². The third kappa shape index (κ3) is 4.32. The average Bonchev–Trinajstić information content (AvgIpc) is 3.53. The predicted molar refractivity (Wildman–Crippen MR) is 120 cm³/mol. The van der Waals surface area contributed by atoms with Crippen LogP contribution in [0.15, 0.2) is 30.0 Å². The highest BCUT2D eigenvalue weighted by Gasteiger charge is 2.27. The van der Waals surface area contributed by atoms with E-state index in [1.807, 2.05) is 12.3 Å². The van der Waals surface area contributed by atoms with E-state index in [1.165, 1.54) is 17.8 Å². The minimum Gasteiger partial charge on any atom is -0.370 e. The van der Waals surface area contributed by atoms with Crippen molar-refractivity contribution in [3.63, 3.8) is 0 Å². The van der Waals surface area contributed by atoms with Crippen molar-refractivity contribution in [3.8, 4) is 10.6 Å². The zero-order valence-corrected chi connectivity index (χ0v) is 18.0. The smallest absolute Gasteiger partial charge is 0.275 e. The Morgan fingerprint density at radius 2 is 2.19 bits per heavy atom. The Morgan fingerprint density at radius 1 is 1.29 bits per heavy atom. The van der Waals surface area contributed by atoms with Gasteiger partial charge in [0, 0.05) is 49.5 Å². The lowest BCUT2D eigenvalue weighted by Gasteiger charge is -2.32. The number of carbonyl (C=O) groups excluding carboxylic acids is 1. The summed E-state index contributed by atoms with van der Waals surface area (Å²) in [5.74, 6) is -0.248. The number of nitrogens with one attached hydrogen (secondary N) is 3. The molecule has 9 nitrogen and oxygen atoms in total. The lowest BCUT2D eigenvalue weighted by Crippen LogP contribution is -2.35. The molecule has 0 radical (unpaired) electrons. The molecule has 2 saturated heterocycles. The summed E-state index contributed by atoms with van der Waals surface area (Å²) in [4.78, 5) is 24.6. The fraction of sp³-hybridized carbons (Fsp3) is 0.429. The SMILES string of the molecule is O=C(Nc1c(N2CCCCC2)ccnc1C1CNCCO1)c1csc(-c2cn[nH]c2)n1. The molecular weight excluding hydrogens is 414 g/mol. The van der Waals surface area contributed by atoms with Gasteiger partial charge < -0.3 is 20.3 Å². The number of hydrogen-bond acceptors (Lipinski definition) is 8. The number of morpholine rings is 1. The lowest BCUT2D eigenvalue weighted by atomic mass is 10.1. The molecule has 1 amide bonds. The molecule has 2 aliphatic rings. The molecule has 0 spiro atoms. The standard InChI is InChI=1S/C21H25N7O2S/c29-20(15-13-31-21(26-15)14-10-24-25-11-14)27-18-16(28-7-2-1-3-8-28)4-5-23-19(18)17-12-22-6-9-30-17/h4-5,10-11,13,17,22H,1-3,6-9,12H2,(H,24,25)(H,27,29). The number of carbonyl (C=O) groups is 1. The van der Waals surface area contributed by atoms with E-state index in [4.69, 9.17) is 4.74 Å². The number of anilines is 2. The lowest BCUT2D eigenvalue weighted by molar-refractivity contribution is 0.0255. The largest absolute Gasteiger partial charge is 0.370 e. The van der Waals surface area contributed by atoms with Gasteiger partial charge in [-0.1, -0.05) is 0 Å². The maximum atomic E-state index is 13.2. The van der Waals surface area contributed by atoms with Crippen molar-refractivity contribution in [2.45, 2.75) is 25.4 Å². The number of amides is 1. The second-order valence-corrected chi connectivity index (χ2v) is 8.54. The Bertz CT molecular complexity index is 988. The minimum absolute atomic E-state index is 0.203. The molecule has 10 heteroatoms. The Morgan fingerprint density at radius 3 is 2.97 bits per heavy atom. The van der Waals surface area contributed by atoms with Gasteiger partial charge in [-0.3, -0.25) is 14.9 Å². The molecule has 0 saturated carbocycles. The van der Waals surface area contributed by atoms with Gasteiger partial charge >= 0.3 is 0 Å². The number of ether oxygens (including phenoxy) is 1. The second-order valence-electron chi connectivity index (χ2n) is 7.68. The van der Waals surface area contributed by atoms with Crippen LogP contribution in [0.2, 0.25) is 0 Å². The van der Waals surface area contributed by atoms with Crippen LogP contribution in [0.1, 0.15) is 41.5 Å². The summed E-state index contributed by atoms with van der Waals surface area (Å²) in [5.41, 5.74) is 3.72. The summed E-state index contributed by atoms with van der Waals surface area (Å²) in [6, 6.07) is 1.98. The molecule has 5 heterocycles. The molecule has 0 aliphatic carbocycles. The number of aromatic nitrogens is 4. The highest BCUT2D eigenvalue weighted by Crippen LogP contribution is 2.35. The molecule has 5 rings (SSSR count). The topological polar surface area (TPSA) is 108 Å². The predicted octanol–water partition coefficient (Wildman–Crippen LogP) is 2.83. The number of nitrogens with zero attached hydrogens (tertiary/aromatic N) is 4. The van der Waals surface area contributed by atoms with E-state index < -0.39 is 0 Å². The van der Waals surface area contributed by atoms with Gasteiger partial charge in [-0.2, -0.15) is 5.10 Å². The first-order valence-electron chi connectivity index (χ1n) is 10.6. The average molecular weight is 440 g/mol. The number of piperidine rings is 1. The molecule has 1 atom stereocenters. The minimum atomic E-state index is -0.248. The summed E-state index contributed by atoms with van der Waals surface area (Å²) in [7, 11) is 0. The molecule has 31 heavy (non-hydrogen) atoms. The number of thiazole rings is 1. The van der Waals surface area contributed by atoms with Gasteiger partial charge in [-0.05, 0) is 25.3 Å². The Balaban J connectivity index is 1.46. The molecule has 0 aromatic carbocycles. The fourth-order valence-electron chi connectivity index (χ4n) is 4.03. The van der Waals surface area contributed by atoms with Crippen LogP contribution < -0.4 is 15.5 Å². The molecule has 1 unspecified atom stereocenters. The first kappa shape index (κ1) is 20.1. The van der Waals surface area contributed by atoms with Crippen molar-refractivity contribution in [1.29, 1.82) is 0 Å². The van der Waals surface area contributed by atoms with Gasteiger partial charge in [0.2, 0.25) is 0 Å². The van der Waals surface area contributed by atoms with E-state index in [0.29, 0.717) is 18.8 Å². The molecule has 0 bridgehead atoms.